The van der Waals surface area contributed by atoms with Crippen molar-refractivity contribution < 1.29 is 19.2 Å². The number of halogens is 1. The van der Waals surface area contributed by atoms with E-state index in [0.717, 1.165) is 38.9 Å². The molecule has 1 aliphatic heterocycles. The summed E-state index contributed by atoms with van der Waals surface area (Å²) in [5.74, 6) is -0.768. The maximum Gasteiger partial charge on any atom is 0.344 e. The Bertz CT molecular complexity index is 1260. The Morgan fingerprint density at radius 2 is 1.83 bits per heavy atom. The van der Waals surface area contributed by atoms with Gasteiger partial charge in [-0.2, -0.15) is 0 Å². The number of carbonyl (C=O) groups excluding carboxylic acids is 2. The Hall–Kier alpha value is -3.56. The number of carbonyl (C=O) groups is 2. The van der Waals surface area contributed by atoms with Crippen LogP contribution in [0.25, 0.3) is 0 Å². The van der Waals surface area contributed by atoms with Gasteiger partial charge >= 0.3 is 5.97 Å². The number of pyridine rings is 1. The van der Waals surface area contributed by atoms with Gasteiger partial charge in [-0.1, -0.05) is 49.7 Å². The zero-order valence-electron chi connectivity index (χ0n) is 23.8. The van der Waals surface area contributed by atoms with Gasteiger partial charge in [0.1, 0.15) is 11.3 Å². The van der Waals surface area contributed by atoms with Crippen molar-refractivity contribution in [1.29, 1.82) is 0 Å². The second kappa shape index (κ2) is 14.9. The molecular formula is C31H39ClN4O5. The molecule has 220 valence electrons. The fourth-order valence-corrected chi connectivity index (χ4v) is 6.13. The number of likely N-dealkylation sites (tertiary alicyclic amines) is 1. The Labute approximate surface area is 247 Å². The molecule has 0 radical (unpaired) electrons. The molecule has 1 aromatic heterocycles. The van der Waals surface area contributed by atoms with E-state index in [0.29, 0.717) is 23.6 Å². The molecule has 1 aliphatic carbocycles. The Kier molecular flexibility index (Phi) is 11.6. The second-order valence-electron chi connectivity index (χ2n) is 10.6. The summed E-state index contributed by atoms with van der Waals surface area (Å²) in [6.45, 7) is 6.52. The number of methoxy groups -OCH3 is 1. The normalized spacial score (nSPS) is 19.4. The zero-order valence-corrected chi connectivity index (χ0v) is 24.6. The van der Waals surface area contributed by atoms with E-state index in [4.69, 9.17) is 4.74 Å². The summed E-state index contributed by atoms with van der Waals surface area (Å²) in [5.41, 5.74) is 1.97. The van der Waals surface area contributed by atoms with Crippen molar-refractivity contribution in [3.05, 3.63) is 99.0 Å². The lowest BCUT2D eigenvalue weighted by atomic mass is 9.75. The molecule has 1 amide bonds. The number of benzene rings is 1. The molecule has 1 N–H and O–H groups in total. The first kappa shape index (κ1) is 32.0. The van der Waals surface area contributed by atoms with Crippen molar-refractivity contribution in [2.24, 2.45) is 11.8 Å². The summed E-state index contributed by atoms with van der Waals surface area (Å²) in [6, 6.07) is 15.4. The molecule has 2 aliphatic rings. The van der Waals surface area contributed by atoms with Gasteiger partial charge in [0.05, 0.1) is 12.0 Å². The molecule has 3 atom stereocenters. The highest BCUT2D eigenvalue weighted by Gasteiger charge is 2.40. The Morgan fingerprint density at radius 3 is 2.41 bits per heavy atom. The largest absolute Gasteiger partial charge is 0.465 e. The van der Waals surface area contributed by atoms with E-state index in [-0.39, 0.29) is 47.5 Å². The van der Waals surface area contributed by atoms with Gasteiger partial charge in [-0.05, 0) is 80.5 Å². The van der Waals surface area contributed by atoms with Crippen LogP contribution >= 0.6 is 12.4 Å². The monoisotopic (exact) mass is 582 g/mol. The van der Waals surface area contributed by atoms with Crippen molar-refractivity contribution in [2.75, 3.05) is 26.7 Å². The average Bonchev–Trinajstić information content (AvgIpc) is 2.99. The first-order valence-electron chi connectivity index (χ1n) is 14.0. The predicted octanol–water partition coefficient (Wildman–Crippen LogP) is 5.18. The number of hydrogen-bond acceptors (Lipinski definition) is 7. The van der Waals surface area contributed by atoms with Crippen LogP contribution in [0.4, 0.5) is 0 Å². The number of allylic oxidation sites excluding steroid dienone is 1. The van der Waals surface area contributed by atoms with E-state index < -0.39 is 10.9 Å². The van der Waals surface area contributed by atoms with Gasteiger partial charge in [0.15, 0.2) is 0 Å². The van der Waals surface area contributed by atoms with Crippen LogP contribution in [-0.4, -0.2) is 59.5 Å². The molecule has 2 aromatic rings. The van der Waals surface area contributed by atoms with Gasteiger partial charge < -0.3 is 15.0 Å². The van der Waals surface area contributed by atoms with Crippen LogP contribution in [-0.2, 0) is 9.53 Å². The van der Waals surface area contributed by atoms with Gasteiger partial charge in [-0.25, -0.2) is 4.79 Å². The third kappa shape index (κ3) is 7.59. The summed E-state index contributed by atoms with van der Waals surface area (Å²) in [7, 11) is 1.22. The third-order valence-corrected chi connectivity index (χ3v) is 8.37. The van der Waals surface area contributed by atoms with Gasteiger partial charge in [0, 0.05) is 24.7 Å². The minimum Gasteiger partial charge on any atom is -0.465 e. The third-order valence-electron chi connectivity index (χ3n) is 8.37. The van der Waals surface area contributed by atoms with E-state index in [2.05, 4.69) is 46.4 Å². The van der Waals surface area contributed by atoms with Gasteiger partial charge in [0.2, 0.25) is 0 Å². The molecular weight excluding hydrogens is 544 g/mol. The number of rotatable bonds is 10. The molecule has 0 spiro atoms. The number of piperidine rings is 1. The van der Waals surface area contributed by atoms with Crippen LogP contribution in [0, 0.1) is 22.0 Å². The van der Waals surface area contributed by atoms with E-state index >= 15 is 0 Å². The summed E-state index contributed by atoms with van der Waals surface area (Å²) in [5, 5.41) is 15.0. The Morgan fingerprint density at radius 1 is 1.15 bits per heavy atom. The lowest BCUT2D eigenvalue weighted by molar-refractivity contribution is -0.421. The summed E-state index contributed by atoms with van der Waals surface area (Å²) >= 11 is 0. The van der Waals surface area contributed by atoms with Crippen molar-refractivity contribution in [1.82, 2.24) is 15.2 Å². The average molecular weight is 583 g/mol. The van der Waals surface area contributed by atoms with Crippen molar-refractivity contribution in [3.8, 4) is 0 Å². The van der Waals surface area contributed by atoms with Gasteiger partial charge in [-0.3, -0.25) is 19.9 Å². The van der Waals surface area contributed by atoms with Crippen molar-refractivity contribution in [3.63, 3.8) is 0 Å². The zero-order chi connectivity index (χ0) is 28.6. The lowest BCUT2D eigenvalue weighted by Crippen LogP contribution is -2.50. The highest BCUT2D eigenvalue weighted by Crippen LogP contribution is 2.37. The first-order valence-corrected chi connectivity index (χ1v) is 14.0. The highest BCUT2D eigenvalue weighted by molar-refractivity contribution is 5.94. The van der Waals surface area contributed by atoms with E-state index in [1.54, 1.807) is 31.3 Å². The quantitative estimate of drug-likeness (QED) is 0.233. The fraction of sp³-hybridized carbons (Fsp3) is 0.452. The minimum atomic E-state index is -0.740. The number of esters is 1. The van der Waals surface area contributed by atoms with Crippen LogP contribution in [0.15, 0.2) is 77.6 Å². The highest BCUT2D eigenvalue weighted by atomic mass is 35.5. The maximum atomic E-state index is 13.3. The Balaban J connectivity index is 0.00000462. The number of amides is 1. The maximum absolute atomic E-state index is 13.3. The number of ether oxygens (including phenoxy) is 1. The number of nitrogens with zero attached hydrogens (tertiary/aromatic N) is 3. The lowest BCUT2D eigenvalue weighted by Gasteiger charge is -2.40. The molecule has 1 aromatic carbocycles. The number of nitrogens with one attached hydrogen (secondary N) is 1. The number of nitro groups is 1. The minimum absolute atomic E-state index is 0. The first-order chi connectivity index (χ1) is 19.3. The molecule has 3 unspecified atom stereocenters. The van der Waals surface area contributed by atoms with E-state index in [1.807, 2.05) is 6.07 Å². The summed E-state index contributed by atoms with van der Waals surface area (Å²) in [6.07, 6.45) is 6.31. The second-order valence-corrected chi connectivity index (χ2v) is 10.6. The molecule has 1 fully saturated rings. The van der Waals surface area contributed by atoms with Crippen LogP contribution in [0.1, 0.15) is 61.5 Å². The molecule has 41 heavy (non-hydrogen) atoms. The SMILES string of the molecule is CCC(CN1CCC(c2ccccc2)CC1)C(NC(=O)c1ccccn1)C1CC=C([N+](=O)[O-])C(C(=O)OC)=C1C.Cl. The van der Waals surface area contributed by atoms with Crippen molar-refractivity contribution >= 4 is 24.3 Å². The van der Waals surface area contributed by atoms with Gasteiger partial charge in [-0.15, -0.1) is 12.4 Å². The standard InChI is InChI=1S/C31H38N4O5.ClH/c1-4-22(20-34-18-15-24(16-19-34)23-10-6-5-7-11-23)29(33-30(36)26-12-8-9-17-32-26)25-13-14-27(35(38)39)28(21(25)2)31(37)40-3;/h5-12,14,17,22,24-25,29H,4,13,15-16,18-20H2,1-3H3,(H,33,36);1H. The molecule has 0 bridgehead atoms. The predicted molar refractivity (Wildman–Crippen MR) is 159 cm³/mol. The van der Waals surface area contributed by atoms with Crippen LogP contribution < -0.4 is 5.32 Å². The van der Waals surface area contributed by atoms with Crippen LogP contribution in [0.2, 0.25) is 0 Å². The van der Waals surface area contributed by atoms with Gasteiger partial charge in [0.25, 0.3) is 11.6 Å². The summed E-state index contributed by atoms with van der Waals surface area (Å²) < 4.78 is 4.93. The number of hydrogen-bond donors (Lipinski definition) is 1. The smallest absolute Gasteiger partial charge is 0.344 e. The molecule has 4 rings (SSSR count). The van der Waals surface area contributed by atoms with E-state index in [9.17, 15) is 19.7 Å². The molecule has 1 saturated heterocycles. The van der Waals surface area contributed by atoms with Crippen LogP contribution in [0.3, 0.4) is 0 Å². The van der Waals surface area contributed by atoms with Crippen LogP contribution in [0.5, 0.6) is 0 Å². The molecule has 9 nitrogen and oxygen atoms in total. The molecule has 0 saturated carbocycles. The topological polar surface area (TPSA) is 115 Å². The van der Waals surface area contributed by atoms with E-state index in [1.165, 1.54) is 18.7 Å². The molecule has 10 heteroatoms. The number of aromatic nitrogens is 1. The van der Waals surface area contributed by atoms with Crippen molar-refractivity contribution in [2.45, 2.75) is 51.5 Å². The molecule has 2 heterocycles. The fourth-order valence-electron chi connectivity index (χ4n) is 6.13. The summed E-state index contributed by atoms with van der Waals surface area (Å²) in [4.78, 5) is 43.9.